The van der Waals surface area contributed by atoms with E-state index in [1.165, 1.54) is 19.2 Å². The third kappa shape index (κ3) is 4.61. The zero-order chi connectivity index (χ0) is 22.0. The molecule has 1 unspecified atom stereocenters. The van der Waals surface area contributed by atoms with Crippen molar-refractivity contribution in [2.24, 2.45) is 0 Å². The van der Waals surface area contributed by atoms with Crippen molar-refractivity contribution in [2.75, 3.05) is 20.3 Å². The van der Waals surface area contributed by atoms with Crippen LogP contribution in [0.15, 0.2) is 54.6 Å². The smallest absolute Gasteiger partial charge is 0.160 e. The standard InChI is InChI=1S/C24H23ClFNO4/c1-30-22-7-5-15(11-20(22)28)13-27-9-10-31-21-8-6-16(12-17(21)14-27)24(29)23-18(25)3-2-4-19(23)26/h2-8,11-12,24,28-29H,9-10,13-14H2,1H3. The number of aromatic hydroxyl groups is 1. The van der Waals surface area contributed by atoms with E-state index < -0.39 is 11.9 Å². The number of halogens is 2. The quantitative estimate of drug-likeness (QED) is 0.600. The molecule has 1 heterocycles. The minimum Gasteiger partial charge on any atom is -0.504 e. The molecule has 4 rings (SSSR count). The van der Waals surface area contributed by atoms with Gasteiger partial charge >= 0.3 is 0 Å². The number of methoxy groups -OCH3 is 1. The lowest BCUT2D eigenvalue weighted by atomic mass is 9.98. The summed E-state index contributed by atoms with van der Waals surface area (Å²) in [5.41, 5.74) is 2.43. The summed E-state index contributed by atoms with van der Waals surface area (Å²) in [5, 5.41) is 21.0. The second-order valence-electron chi connectivity index (χ2n) is 7.47. The third-order valence-electron chi connectivity index (χ3n) is 5.38. The van der Waals surface area contributed by atoms with Gasteiger partial charge in [0.1, 0.15) is 24.3 Å². The summed E-state index contributed by atoms with van der Waals surface area (Å²) >= 11 is 6.13. The number of fused-ring (bicyclic) bond motifs is 1. The van der Waals surface area contributed by atoms with Gasteiger partial charge in [-0.05, 0) is 47.5 Å². The van der Waals surface area contributed by atoms with E-state index in [4.69, 9.17) is 21.1 Å². The number of hydrogen-bond donors (Lipinski definition) is 2. The molecule has 7 heteroatoms. The molecule has 0 radical (unpaired) electrons. The van der Waals surface area contributed by atoms with E-state index in [1.807, 2.05) is 12.1 Å². The summed E-state index contributed by atoms with van der Waals surface area (Å²) in [6.07, 6.45) is -1.19. The van der Waals surface area contributed by atoms with Crippen LogP contribution in [0, 0.1) is 5.82 Å². The third-order valence-corrected chi connectivity index (χ3v) is 5.71. The fourth-order valence-corrected chi connectivity index (χ4v) is 4.07. The van der Waals surface area contributed by atoms with Crippen LogP contribution in [-0.2, 0) is 13.1 Å². The van der Waals surface area contributed by atoms with E-state index in [0.717, 1.165) is 16.9 Å². The van der Waals surface area contributed by atoms with Crippen molar-refractivity contribution in [2.45, 2.75) is 19.2 Å². The van der Waals surface area contributed by atoms with Crippen molar-refractivity contribution in [1.29, 1.82) is 0 Å². The number of ether oxygens (including phenoxy) is 2. The molecule has 3 aromatic rings. The predicted octanol–water partition coefficient (Wildman–Crippen LogP) is 4.67. The summed E-state index contributed by atoms with van der Waals surface area (Å²) in [5.74, 6) is 0.708. The van der Waals surface area contributed by atoms with E-state index in [-0.39, 0.29) is 16.3 Å². The van der Waals surface area contributed by atoms with Gasteiger partial charge in [0.25, 0.3) is 0 Å². The fraction of sp³-hybridized carbons (Fsp3) is 0.250. The molecule has 2 N–H and O–H groups in total. The molecule has 5 nitrogen and oxygen atoms in total. The first-order chi connectivity index (χ1) is 15.0. The predicted molar refractivity (Wildman–Crippen MR) is 116 cm³/mol. The molecular formula is C24H23ClFNO4. The van der Waals surface area contributed by atoms with Crippen molar-refractivity contribution >= 4 is 11.6 Å². The van der Waals surface area contributed by atoms with Gasteiger partial charge in [0, 0.05) is 35.8 Å². The Morgan fingerprint density at radius 1 is 1.19 bits per heavy atom. The van der Waals surface area contributed by atoms with Crippen LogP contribution in [0.3, 0.4) is 0 Å². The number of aliphatic hydroxyl groups excluding tert-OH is 1. The largest absolute Gasteiger partial charge is 0.504 e. The SMILES string of the molecule is COc1ccc(CN2CCOc3ccc(C(O)c4c(F)cccc4Cl)cc3C2)cc1O. The van der Waals surface area contributed by atoms with Gasteiger partial charge in [0.05, 0.1) is 7.11 Å². The molecule has 31 heavy (non-hydrogen) atoms. The number of aliphatic hydroxyl groups is 1. The van der Waals surface area contributed by atoms with E-state index >= 15 is 0 Å². The van der Waals surface area contributed by atoms with Crippen LogP contribution < -0.4 is 9.47 Å². The van der Waals surface area contributed by atoms with Gasteiger partial charge in [-0.1, -0.05) is 29.8 Å². The van der Waals surface area contributed by atoms with Crippen LogP contribution in [0.4, 0.5) is 4.39 Å². The van der Waals surface area contributed by atoms with E-state index in [9.17, 15) is 14.6 Å². The van der Waals surface area contributed by atoms with Gasteiger partial charge in [0.15, 0.2) is 11.5 Å². The van der Waals surface area contributed by atoms with Crippen molar-refractivity contribution in [3.63, 3.8) is 0 Å². The normalized spacial score (nSPS) is 15.0. The van der Waals surface area contributed by atoms with Crippen molar-refractivity contribution in [1.82, 2.24) is 4.90 Å². The first-order valence-electron chi connectivity index (χ1n) is 9.92. The Kier molecular flexibility index (Phi) is 6.32. The number of hydrogen-bond acceptors (Lipinski definition) is 5. The molecule has 1 aliphatic rings. The topological polar surface area (TPSA) is 62.2 Å². The second-order valence-corrected chi connectivity index (χ2v) is 7.88. The van der Waals surface area contributed by atoms with Gasteiger partial charge in [0.2, 0.25) is 0 Å². The summed E-state index contributed by atoms with van der Waals surface area (Å²) in [6, 6.07) is 15.0. The molecule has 1 aliphatic heterocycles. The molecule has 0 spiro atoms. The van der Waals surface area contributed by atoms with Gasteiger partial charge in [-0.15, -0.1) is 0 Å². The summed E-state index contributed by atoms with van der Waals surface area (Å²) in [7, 11) is 1.51. The Bertz CT molecular complexity index is 1070. The lowest BCUT2D eigenvalue weighted by Gasteiger charge is -2.20. The molecule has 3 aromatic carbocycles. The Balaban J connectivity index is 1.57. The Morgan fingerprint density at radius 2 is 2.03 bits per heavy atom. The number of benzene rings is 3. The minimum absolute atomic E-state index is 0.0595. The molecule has 0 aromatic heterocycles. The Morgan fingerprint density at radius 3 is 2.77 bits per heavy atom. The molecule has 0 bridgehead atoms. The van der Waals surface area contributed by atoms with Crippen LogP contribution in [-0.4, -0.2) is 35.4 Å². The van der Waals surface area contributed by atoms with Gasteiger partial charge in [-0.25, -0.2) is 4.39 Å². The van der Waals surface area contributed by atoms with Crippen LogP contribution in [0.25, 0.3) is 0 Å². The Labute approximate surface area is 185 Å². The molecule has 0 fully saturated rings. The van der Waals surface area contributed by atoms with Crippen LogP contribution in [0.5, 0.6) is 17.2 Å². The van der Waals surface area contributed by atoms with Crippen molar-refractivity contribution in [3.05, 3.63) is 87.7 Å². The summed E-state index contributed by atoms with van der Waals surface area (Å²) in [4.78, 5) is 2.18. The molecule has 0 aliphatic carbocycles. The summed E-state index contributed by atoms with van der Waals surface area (Å²) < 4.78 is 25.2. The Hall–Kier alpha value is -2.80. The average Bonchev–Trinajstić information content (AvgIpc) is 2.94. The van der Waals surface area contributed by atoms with E-state index in [0.29, 0.717) is 37.6 Å². The van der Waals surface area contributed by atoms with Gasteiger partial charge in [-0.2, -0.15) is 0 Å². The van der Waals surface area contributed by atoms with Crippen molar-refractivity contribution in [3.8, 4) is 17.2 Å². The second kappa shape index (κ2) is 9.14. The highest BCUT2D eigenvalue weighted by molar-refractivity contribution is 6.31. The fourth-order valence-electron chi connectivity index (χ4n) is 3.80. The molecule has 1 atom stereocenters. The molecule has 0 saturated carbocycles. The number of nitrogens with zero attached hydrogens (tertiary/aromatic N) is 1. The molecule has 0 saturated heterocycles. The highest BCUT2D eigenvalue weighted by Crippen LogP contribution is 2.34. The first kappa shape index (κ1) is 21.4. The zero-order valence-corrected chi connectivity index (χ0v) is 17.8. The van der Waals surface area contributed by atoms with E-state index in [2.05, 4.69) is 4.90 Å². The highest BCUT2D eigenvalue weighted by atomic mass is 35.5. The maximum atomic E-state index is 14.3. The van der Waals surface area contributed by atoms with Gasteiger partial charge < -0.3 is 19.7 Å². The number of phenols is 1. The minimum atomic E-state index is -1.19. The lowest BCUT2D eigenvalue weighted by Crippen LogP contribution is -2.25. The molecule has 162 valence electrons. The monoisotopic (exact) mass is 443 g/mol. The van der Waals surface area contributed by atoms with Crippen molar-refractivity contribution < 1.29 is 24.1 Å². The van der Waals surface area contributed by atoms with Crippen LogP contribution >= 0.6 is 11.6 Å². The number of phenolic OH excluding ortho intramolecular Hbond substituents is 1. The van der Waals surface area contributed by atoms with Crippen LogP contribution in [0.2, 0.25) is 5.02 Å². The summed E-state index contributed by atoms with van der Waals surface area (Å²) in [6.45, 7) is 2.38. The van der Waals surface area contributed by atoms with E-state index in [1.54, 1.807) is 30.3 Å². The van der Waals surface area contributed by atoms with Gasteiger partial charge in [-0.3, -0.25) is 4.90 Å². The molecular weight excluding hydrogens is 421 g/mol. The first-order valence-corrected chi connectivity index (χ1v) is 10.3. The molecule has 0 amide bonds. The maximum Gasteiger partial charge on any atom is 0.160 e. The zero-order valence-electron chi connectivity index (χ0n) is 17.0. The van der Waals surface area contributed by atoms with Crippen LogP contribution in [0.1, 0.15) is 28.4 Å². The lowest BCUT2D eigenvalue weighted by molar-refractivity contribution is 0.214. The highest BCUT2D eigenvalue weighted by Gasteiger charge is 2.22. The maximum absolute atomic E-state index is 14.3. The average molecular weight is 444 g/mol. The number of rotatable bonds is 5.